The second-order valence-corrected chi connectivity index (χ2v) is 9.71. The lowest BCUT2D eigenvalue weighted by Crippen LogP contribution is -2.45. The number of benzene rings is 2. The summed E-state index contributed by atoms with van der Waals surface area (Å²) < 4.78 is 2.25. The predicted molar refractivity (Wildman–Crippen MR) is 119 cm³/mol. The van der Waals surface area contributed by atoms with Gasteiger partial charge in [0.25, 0.3) is 0 Å². The Morgan fingerprint density at radius 2 is 1.34 bits per heavy atom. The van der Waals surface area contributed by atoms with Gasteiger partial charge in [-0.3, -0.25) is 4.57 Å². The van der Waals surface area contributed by atoms with Crippen LogP contribution in [-0.4, -0.2) is 10.3 Å². The van der Waals surface area contributed by atoms with Crippen molar-refractivity contribution in [1.82, 2.24) is 4.57 Å². The van der Waals surface area contributed by atoms with Crippen LogP contribution in [0.15, 0.2) is 76.2 Å². The van der Waals surface area contributed by atoms with Gasteiger partial charge in [-0.1, -0.05) is 48.5 Å². The number of hydrogen-bond donors (Lipinski definition) is 0. The fourth-order valence-corrected chi connectivity index (χ4v) is 6.80. The molecule has 4 saturated carbocycles. The molecule has 4 aliphatic rings. The van der Waals surface area contributed by atoms with E-state index < -0.39 is 0 Å². The zero-order chi connectivity index (χ0) is 19.2. The summed E-state index contributed by atoms with van der Waals surface area (Å²) in [6, 6.07) is 21.1. The molecule has 3 aromatic rings. The van der Waals surface area contributed by atoms with E-state index in [0.717, 1.165) is 22.3 Å². The first-order valence-electron chi connectivity index (χ1n) is 10.8. The van der Waals surface area contributed by atoms with Crippen molar-refractivity contribution in [2.24, 2.45) is 33.9 Å². The van der Waals surface area contributed by atoms with Crippen LogP contribution in [0.2, 0.25) is 0 Å². The minimum atomic E-state index is 0.689. The predicted octanol–water partition coefficient (Wildman–Crippen LogP) is 5.92. The smallest absolute Gasteiger partial charge is 0.215 e. The van der Waals surface area contributed by atoms with E-state index in [2.05, 4.69) is 70.6 Å². The van der Waals surface area contributed by atoms with E-state index in [1.54, 1.807) is 11.3 Å². The molecule has 0 N–H and O–H groups in total. The maximum atomic E-state index is 4.92. The first-order valence-corrected chi connectivity index (χ1v) is 11.7. The summed E-state index contributed by atoms with van der Waals surface area (Å²) in [5.41, 5.74) is 4.91. The summed E-state index contributed by atoms with van der Waals surface area (Å²) in [7, 11) is 0. The molecule has 1 heterocycles. The third-order valence-corrected chi connectivity index (χ3v) is 7.83. The molecule has 146 valence electrons. The van der Waals surface area contributed by atoms with Crippen molar-refractivity contribution >= 4 is 17.0 Å². The molecule has 4 bridgehead atoms. The van der Waals surface area contributed by atoms with Crippen LogP contribution in [0.3, 0.4) is 0 Å². The Morgan fingerprint density at radius 1 is 0.724 bits per heavy atom. The van der Waals surface area contributed by atoms with Crippen molar-refractivity contribution in [3.63, 3.8) is 0 Å². The molecule has 29 heavy (non-hydrogen) atoms. The first-order chi connectivity index (χ1) is 14.3. The molecule has 0 radical (unpaired) electrons. The molecular formula is C25H25N3S. The molecule has 4 fully saturated rings. The van der Waals surface area contributed by atoms with Gasteiger partial charge in [-0.15, -0.1) is 16.4 Å². The standard InChI is InChI=1S/C25H25N3S/c1-3-7-19(8-4-1)23-16-29-25(28(23)22-9-5-2-6-10-22)27-26-24-20-12-17-11-18(14-20)15-21(24)13-17/h1-10,16-18,20-21H,11-15H2/b26-24?,27-25+. The molecule has 0 unspecified atom stereocenters. The van der Waals surface area contributed by atoms with Crippen LogP contribution in [0, 0.1) is 23.7 Å². The lowest BCUT2D eigenvalue weighted by Gasteiger charge is -2.50. The highest BCUT2D eigenvalue weighted by Crippen LogP contribution is 2.52. The van der Waals surface area contributed by atoms with E-state index in [1.165, 1.54) is 49.1 Å². The molecule has 2 aromatic carbocycles. The molecule has 0 amide bonds. The highest BCUT2D eigenvalue weighted by molar-refractivity contribution is 7.07. The van der Waals surface area contributed by atoms with E-state index in [0.29, 0.717) is 11.8 Å². The van der Waals surface area contributed by atoms with E-state index in [9.17, 15) is 0 Å². The maximum Gasteiger partial charge on any atom is 0.215 e. The summed E-state index contributed by atoms with van der Waals surface area (Å²) in [5.74, 6) is 3.29. The number of para-hydroxylation sites is 1. The fourth-order valence-electron chi connectivity index (χ4n) is 5.95. The van der Waals surface area contributed by atoms with Gasteiger partial charge in [0.1, 0.15) is 0 Å². The minimum absolute atomic E-state index is 0.689. The zero-order valence-corrected chi connectivity index (χ0v) is 17.3. The Bertz CT molecular complexity index is 1080. The number of rotatable bonds is 3. The van der Waals surface area contributed by atoms with Crippen LogP contribution < -0.4 is 4.80 Å². The summed E-state index contributed by atoms with van der Waals surface area (Å²) in [5, 5.41) is 12.0. The van der Waals surface area contributed by atoms with Gasteiger partial charge in [-0.25, -0.2) is 0 Å². The van der Waals surface area contributed by atoms with E-state index >= 15 is 0 Å². The third-order valence-electron chi connectivity index (χ3n) is 7.02. The van der Waals surface area contributed by atoms with Crippen LogP contribution >= 0.6 is 11.3 Å². The van der Waals surface area contributed by atoms with Gasteiger partial charge >= 0.3 is 0 Å². The minimum Gasteiger partial charge on any atom is -0.284 e. The van der Waals surface area contributed by atoms with Gasteiger partial charge in [0.15, 0.2) is 0 Å². The summed E-state index contributed by atoms with van der Waals surface area (Å²) in [6.45, 7) is 0. The van der Waals surface area contributed by atoms with Crippen LogP contribution in [0.5, 0.6) is 0 Å². The average molecular weight is 400 g/mol. The van der Waals surface area contributed by atoms with E-state index in [4.69, 9.17) is 10.2 Å². The van der Waals surface area contributed by atoms with Crippen LogP contribution in [0.4, 0.5) is 0 Å². The van der Waals surface area contributed by atoms with E-state index in [1.807, 2.05) is 0 Å². The second-order valence-electron chi connectivity index (χ2n) is 8.87. The van der Waals surface area contributed by atoms with Crippen molar-refractivity contribution < 1.29 is 0 Å². The second kappa shape index (κ2) is 7.10. The number of aromatic nitrogens is 1. The van der Waals surface area contributed by atoms with Gasteiger partial charge in [-0.2, -0.15) is 5.10 Å². The topological polar surface area (TPSA) is 29.6 Å². The number of nitrogens with zero attached hydrogens (tertiary/aromatic N) is 3. The Labute approximate surface area is 175 Å². The van der Waals surface area contributed by atoms with Gasteiger partial charge < -0.3 is 0 Å². The summed E-state index contributed by atoms with van der Waals surface area (Å²) in [6.07, 6.45) is 6.86. The fraction of sp³-hybridized carbons (Fsp3) is 0.360. The molecule has 1 aromatic heterocycles. The third kappa shape index (κ3) is 3.10. The van der Waals surface area contributed by atoms with Gasteiger partial charge in [0, 0.05) is 16.8 Å². The van der Waals surface area contributed by atoms with Crippen molar-refractivity contribution in [3.8, 4) is 16.9 Å². The monoisotopic (exact) mass is 399 g/mol. The first kappa shape index (κ1) is 17.4. The molecule has 0 spiro atoms. The Balaban J connectivity index is 1.46. The number of hydrogen-bond acceptors (Lipinski definition) is 3. The van der Waals surface area contributed by atoms with Gasteiger partial charge in [0.2, 0.25) is 4.80 Å². The SMILES string of the molecule is c1ccc(-c2cs/c(=N/N=C3C4CC5CC(C4)CC3C5)n2-c2ccccc2)cc1. The summed E-state index contributed by atoms with van der Waals surface area (Å²) in [4.78, 5) is 0.955. The zero-order valence-electron chi connectivity index (χ0n) is 16.4. The lowest BCUT2D eigenvalue weighted by atomic mass is 9.55. The van der Waals surface area contributed by atoms with E-state index in [-0.39, 0.29) is 0 Å². The maximum absolute atomic E-state index is 4.92. The number of thiazole rings is 1. The Hall–Kier alpha value is -2.46. The van der Waals surface area contributed by atoms with Crippen LogP contribution in [0.25, 0.3) is 16.9 Å². The van der Waals surface area contributed by atoms with Crippen LogP contribution in [0.1, 0.15) is 32.1 Å². The Morgan fingerprint density at radius 3 is 2.00 bits per heavy atom. The van der Waals surface area contributed by atoms with Gasteiger partial charge in [-0.05, 0) is 73.5 Å². The largest absolute Gasteiger partial charge is 0.284 e. The molecule has 0 atom stereocenters. The average Bonchev–Trinajstić information content (AvgIpc) is 3.18. The normalized spacial score (nSPS) is 28.1. The molecule has 4 heteroatoms. The van der Waals surface area contributed by atoms with Crippen LogP contribution in [-0.2, 0) is 0 Å². The molecule has 3 nitrogen and oxygen atoms in total. The highest BCUT2D eigenvalue weighted by Gasteiger charge is 2.46. The van der Waals surface area contributed by atoms with Crippen molar-refractivity contribution in [2.45, 2.75) is 32.1 Å². The van der Waals surface area contributed by atoms with Crippen molar-refractivity contribution in [3.05, 3.63) is 70.8 Å². The quantitative estimate of drug-likeness (QED) is 0.490. The Kier molecular flexibility index (Phi) is 4.26. The highest BCUT2D eigenvalue weighted by atomic mass is 32.1. The van der Waals surface area contributed by atoms with Gasteiger partial charge in [0.05, 0.1) is 5.69 Å². The summed E-state index contributed by atoms with van der Waals surface area (Å²) >= 11 is 1.68. The van der Waals surface area contributed by atoms with Crippen molar-refractivity contribution in [1.29, 1.82) is 0 Å². The molecule has 4 aliphatic carbocycles. The molecule has 0 aliphatic heterocycles. The molecule has 0 saturated heterocycles. The van der Waals surface area contributed by atoms with Crippen molar-refractivity contribution in [2.75, 3.05) is 0 Å². The molecule has 7 rings (SSSR count). The lowest BCUT2D eigenvalue weighted by molar-refractivity contribution is 0.108. The molecular weight excluding hydrogens is 374 g/mol.